The third kappa shape index (κ3) is 35.5. The predicted molar refractivity (Wildman–Crippen MR) is 551 cm³/mol. The molecule has 14 N–H and O–H groups in total. The number of nitrogens with one attached hydrogen (secondary N) is 6. The van der Waals surface area contributed by atoms with E-state index in [1.165, 1.54) is 105 Å². The number of rotatable bonds is 55. The van der Waals surface area contributed by atoms with Crippen LogP contribution in [-0.2, 0) is 121 Å². The number of benzene rings is 2. The lowest BCUT2D eigenvalue weighted by Gasteiger charge is -2.47. The number of ether oxygens (including phenoxy) is 16. The average molecular weight is 2280 g/mol. The molecule has 150 heavy (non-hydrogen) atoms. The summed E-state index contributed by atoms with van der Waals surface area (Å²) in [5.41, 5.74) is 6.54. The molecule has 2 aromatic carbocycles. The highest BCUT2D eigenvalue weighted by Gasteiger charge is 2.54. The molecule has 2 bridgehead atoms. The standard InChI is InChI=1S/C101H142IN9O36S3/c1-16-111(75(120)51-105-98(128)140-52-60-24-26-63(27-25-60)107-94(126)62(46-73(103)118)45-68(115)56(4)106-92(124)54(2)44-64(113)28-29-74(119)110-34-30-61(31-35-110)93(125)104-10)67-53-139-76(48-72(67)131-11)145-89-84(122)81(109-147-77-47-69(116)91(59(7)141-77)149-95(127)78-55(3)80(102)87(90(134-14)86(78)132-12)146-96-85(123)88(133-13)83(121)58(6)143-96)57(5)142-97(89)144-71-23-19-17-18-20-33-101(130)50-70(117)82(108-99(129)135-15)79(71)66(101)32-43-148-150-100(8,9)49-65(114)22-21-37-136-39-41-138-42-40-137-38-36-112/h17-18,24-27,32,54,56-59,61-62,67,69,71-72,76-77,81,83-85,88-89,91,96-97,109,112,116,121-123,130H,16,21-22,28-31,34-53H2,1-15H3,(H2,103,118)(H,104,125)(H,105,128)(H,106,124)(H,107,126)(H,108,129)/b18-17-,66-32?/t54-,56+,57?,58?,59?,62+,67?,69?,71+,72?,76?,77?,81?,83?,84?,85?,88?,89?,91?,96?,97?,101+/m1/s1. The zero-order valence-electron chi connectivity index (χ0n) is 86.8. The van der Waals surface area contributed by atoms with Gasteiger partial charge in [0.25, 0.3) is 0 Å². The van der Waals surface area contributed by atoms with Crippen LogP contribution in [0.4, 0.5) is 15.3 Å². The number of nitrogens with two attached hydrogens (primary N) is 1. The summed E-state index contributed by atoms with van der Waals surface area (Å²) in [7, 11) is 10.7. The molecule has 2 aromatic rings. The summed E-state index contributed by atoms with van der Waals surface area (Å²) in [6.07, 6.45) is -18.3. The topological polar surface area (TPSA) is 605 Å². The van der Waals surface area contributed by atoms with Crippen LogP contribution in [0.5, 0.6) is 17.2 Å². The number of likely N-dealkylation sites (tertiary alicyclic amines) is 1. The Kier molecular flexibility index (Phi) is 50.3. The number of piperidine rings is 1. The number of allylic oxidation sites excluding steroid dienone is 3. The summed E-state index contributed by atoms with van der Waals surface area (Å²) in [5, 5.41) is 80.1. The molecule has 5 fully saturated rings. The smallest absolute Gasteiger partial charge is 0.411 e. The van der Waals surface area contributed by atoms with Crippen LogP contribution in [-0.4, -0.2) is 370 Å². The van der Waals surface area contributed by atoms with Crippen molar-refractivity contribution in [3.63, 3.8) is 0 Å². The van der Waals surface area contributed by atoms with Crippen molar-refractivity contribution in [3.05, 3.63) is 79.6 Å². The zero-order chi connectivity index (χ0) is 110. The maximum atomic E-state index is 14.7. The number of anilines is 1. The molecule has 0 saturated carbocycles. The number of hydrogen-bond acceptors (Lipinski definition) is 40. The number of carbonyl (C=O) groups excluding carboxylic acids is 13. The summed E-state index contributed by atoms with van der Waals surface area (Å²) in [6, 6.07) is 2.64. The number of likely N-dealkylation sites (N-methyl/N-ethyl adjacent to an activating group) is 1. The number of methoxy groups -OCH3 is 5. The SMILES string of the molecule is CCN(C(=O)CNC(=O)OCc1ccc(NC(=O)[C@H](CC(N)=O)CC(=O)[C@H](C)NC(=O)[C@H](C)CC(=O)CCC(=O)N2CCC(C(=O)NC)CC2)cc1)C1COC(OC2C(O[C@H]3C#C/C=C\C#C[C@]4(O)CC(=O)C(NC(=O)OC)=C3C4=CCSSC(C)(C)CC(=O)CCCOCCOCCOCCO)OC(C)C(NOC3CC(O)C(SC(=O)c4c(C)c(I)c(OC5OC(C)C(O)C(OC)C5O)c(OC)c4OC)C(C)O3)C2O)CC1OC. The molecule has 9 rings (SSSR count). The molecule has 49 heteroatoms. The first-order valence-corrected chi connectivity index (χ1v) is 53.8. The average Bonchev–Trinajstić information content (AvgIpc) is 0.742. The molecule has 832 valence electrons. The highest BCUT2D eigenvalue weighted by atomic mass is 127. The van der Waals surface area contributed by atoms with Crippen molar-refractivity contribution in [2.75, 3.05) is 133 Å². The van der Waals surface area contributed by atoms with Gasteiger partial charge in [0.1, 0.15) is 61.3 Å². The predicted octanol–water partition coefficient (Wildman–Crippen LogP) is 3.90. The van der Waals surface area contributed by atoms with E-state index in [4.69, 9.17) is 91.5 Å². The molecule has 2 aliphatic carbocycles. The van der Waals surface area contributed by atoms with Gasteiger partial charge < -0.3 is 143 Å². The van der Waals surface area contributed by atoms with Crippen LogP contribution >= 0.6 is 55.9 Å². The van der Waals surface area contributed by atoms with E-state index in [1.54, 1.807) is 52.6 Å². The molecule has 7 aliphatic rings. The monoisotopic (exact) mass is 2280 g/mol. The fourth-order valence-electron chi connectivity index (χ4n) is 17.9. The minimum absolute atomic E-state index is 0.0123. The number of Topliss-reactive ketones (excluding diaryl/α,β-unsaturated/α-hetero) is 4. The van der Waals surface area contributed by atoms with Crippen molar-refractivity contribution in [1.29, 1.82) is 0 Å². The Hall–Kier alpha value is -9.09. The van der Waals surface area contributed by atoms with E-state index < -0.39 is 222 Å². The van der Waals surface area contributed by atoms with Gasteiger partial charge in [0.15, 0.2) is 47.5 Å². The molecule has 17 unspecified atom stereocenters. The van der Waals surface area contributed by atoms with Crippen LogP contribution in [0.3, 0.4) is 0 Å². The number of fused-ring (bicyclic) bond motifs is 2. The van der Waals surface area contributed by atoms with Gasteiger partial charge in [-0.3, -0.25) is 62.9 Å². The number of thioether (sulfide) groups is 1. The minimum Gasteiger partial charge on any atom is -0.492 e. The first-order valence-electron chi connectivity index (χ1n) is 49.5. The highest BCUT2D eigenvalue weighted by molar-refractivity contribution is 14.1. The van der Waals surface area contributed by atoms with Gasteiger partial charge in [-0.15, -0.1) is 0 Å². The van der Waals surface area contributed by atoms with Crippen LogP contribution in [0.25, 0.3) is 0 Å². The highest BCUT2D eigenvalue weighted by Crippen LogP contribution is 2.50. The summed E-state index contributed by atoms with van der Waals surface area (Å²) >= 11 is 2.72. The lowest BCUT2D eigenvalue weighted by Crippen LogP contribution is -2.65. The Bertz CT molecular complexity index is 5190. The van der Waals surface area contributed by atoms with Crippen LogP contribution in [0.15, 0.2) is 59.3 Å². The Balaban J connectivity index is 0.868. The molecule has 5 aliphatic heterocycles. The number of halogens is 1. The first-order chi connectivity index (χ1) is 71.5. The van der Waals surface area contributed by atoms with E-state index in [2.05, 4.69) is 55.7 Å². The van der Waals surface area contributed by atoms with Gasteiger partial charge in [-0.05, 0) is 133 Å². The quantitative estimate of drug-likeness (QED) is 0.0147. The second-order valence-corrected chi connectivity index (χ2v) is 42.7. The summed E-state index contributed by atoms with van der Waals surface area (Å²) in [6.45, 7) is 16.1. The fourth-order valence-corrected chi connectivity index (χ4v) is 22.0. The molecule has 5 saturated heterocycles. The van der Waals surface area contributed by atoms with E-state index in [0.717, 1.165) is 18.9 Å². The van der Waals surface area contributed by atoms with E-state index >= 15 is 0 Å². The number of amides is 8. The Morgan fingerprint density at radius 2 is 1.43 bits per heavy atom. The molecule has 0 radical (unpaired) electrons. The van der Waals surface area contributed by atoms with Crippen molar-refractivity contribution >= 4 is 138 Å². The number of aliphatic hydroxyl groups is 6. The second kappa shape index (κ2) is 60.7. The van der Waals surface area contributed by atoms with Gasteiger partial charge in [0.2, 0.25) is 52.6 Å². The first kappa shape index (κ1) is 124. The van der Waals surface area contributed by atoms with Gasteiger partial charge in [-0.25, -0.2) is 9.59 Å². The number of primary amides is 1. The maximum Gasteiger partial charge on any atom is 0.411 e. The number of hydroxylamine groups is 1. The van der Waals surface area contributed by atoms with Gasteiger partial charge in [0, 0.05) is 144 Å². The van der Waals surface area contributed by atoms with Gasteiger partial charge in [-0.2, -0.15) is 5.48 Å². The minimum atomic E-state index is -2.29. The summed E-state index contributed by atoms with van der Waals surface area (Å²) < 4.78 is 95.1. The van der Waals surface area contributed by atoms with E-state index in [1.807, 2.05) is 36.4 Å². The summed E-state index contributed by atoms with van der Waals surface area (Å²) in [4.78, 5) is 184. The molecule has 0 aromatic heterocycles. The molecule has 8 amide bonds. The Labute approximate surface area is 897 Å². The molecular weight excluding hydrogens is 2140 g/mol. The number of nitrogens with zero attached hydrogens (tertiary/aromatic N) is 2. The largest absolute Gasteiger partial charge is 0.492 e. The second-order valence-electron chi connectivity index (χ2n) is 37.4. The van der Waals surface area contributed by atoms with Crippen molar-refractivity contribution < 1.29 is 174 Å². The van der Waals surface area contributed by atoms with Crippen LogP contribution in [0.1, 0.15) is 160 Å². The normalized spacial score (nSPS) is 26.5. The maximum absolute atomic E-state index is 14.7. The third-order valence-corrected chi connectivity index (χ3v) is 31.8. The van der Waals surface area contributed by atoms with Gasteiger partial charge >= 0.3 is 12.2 Å². The Morgan fingerprint density at radius 3 is 2.08 bits per heavy atom. The molecule has 45 nitrogen and oxygen atoms in total. The Morgan fingerprint density at radius 1 is 0.753 bits per heavy atom. The number of ketones is 4. The number of carbonyl (C=O) groups is 13. The van der Waals surface area contributed by atoms with Gasteiger partial charge in [-0.1, -0.05) is 82.2 Å². The lowest BCUT2D eigenvalue weighted by molar-refractivity contribution is -0.337. The van der Waals surface area contributed by atoms with E-state index in [9.17, 15) is 87.9 Å². The van der Waals surface area contributed by atoms with E-state index in [-0.39, 0.29) is 153 Å². The van der Waals surface area contributed by atoms with Crippen LogP contribution in [0.2, 0.25) is 0 Å². The third-order valence-electron chi connectivity index (χ3n) is 26.0. The van der Waals surface area contributed by atoms with E-state index in [0.29, 0.717) is 80.1 Å². The van der Waals surface area contributed by atoms with Crippen LogP contribution < -0.4 is 52.0 Å². The molecular formula is C101H142IN9O36S3. The number of aliphatic hydroxyl groups excluding tert-OH is 5. The zero-order valence-corrected chi connectivity index (χ0v) is 91.4. The van der Waals surface area contributed by atoms with Crippen LogP contribution in [0, 0.1) is 51.9 Å². The van der Waals surface area contributed by atoms with Crippen molar-refractivity contribution in [2.45, 2.75) is 278 Å². The van der Waals surface area contributed by atoms with Crippen molar-refractivity contribution in [2.24, 2.45) is 23.5 Å². The van der Waals surface area contributed by atoms with Crippen molar-refractivity contribution in [1.82, 2.24) is 36.5 Å². The summed E-state index contributed by atoms with van der Waals surface area (Å²) in [5.74, 6) is 4.20. The number of hydrogen-bond donors (Lipinski definition) is 13. The van der Waals surface area contributed by atoms with Gasteiger partial charge in [0.05, 0.1) is 149 Å². The number of alkyl carbamates (subject to hydrolysis) is 2. The molecule has 5 heterocycles. The molecule has 0 spiro atoms. The lowest BCUT2D eigenvalue weighted by atomic mass is 9.75. The molecule has 22 atom stereocenters. The fraction of sp³-hybridized carbons (Fsp3) is 0.653. The van der Waals surface area contributed by atoms with Crippen molar-refractivity contribution in [3.8, 4) is 40.9 Å².